The van der Waals surface area contributed by atoms with Gasteiger partial charge in [0.15, 0.2) is 5.69 Å². The molecule has 2 aromatic carbocycles. The van der Waals surface area contributed by atoms with Crippen molar-refractivity contribution in [2.45, 2.75) is 13.5 Å². The summed E-state index contributed by atoms with van der Waals surface area (Å²) in [5.41, 5.74) is 3.32. The lowest BCUT2D eigenvalue weighted by Gasteiger charge is -2.33. The van der Waals surface area contributed by atoms with Gasteiger partial charge >= 0.3 is 0 Å². The van der Waals surface area contributed by atoms with Crippen LogP contribution in [-0.4, -0.2) is 62.2 Å². The van der Waals surface area contributed by atoms with E-state index < -0.39 is 0 Å². The highest BCUT2D eigenvalue weighted by molar-refractivity contribution is 6.30. The molecule has 1 N–H and O–H groups in total. The lowest BCUT2D eigenvalue weighted by Crippen LogP contribution is -2.48. The van der Waals surface area contributed by atoms with Gasteiger partial charge in [-0.3, -0.25) is 14.8 Å². The highest BCUT2D eigenvalue weighted by Crippen LogP contribution is 2.21. The molecule has 1 amide bonds. The molecule has 1 aliphatic rings. The van der Waals surface area contributed by atoms with E-state index in [0.717, 1.165) is 35.1 Å². The molecule has 0 bridgehead atoms. The Bertz CT molecular complexity index is 1220. The summed E-state index contributed by atoms with van der Waals surface area (Å²) in [5.74, 6) is 1.05. The van der Waals surface area contributed by atoms with Crippen LogP contribution in [0.25, 0.3) is 22.3 Å². The third-order valence-corrected chi connectivity index (χ3v) is 5.76. The van der Waals surface area contributed by atoms with Crippen molar-refractivity contribution >= 4 is 28.4 Å². The number of amides is 1. The summed E-state index contributed by atoms with van der Waals surface area (Å²) < 4.78 is 5.41. The third kappa shape index (κ3) is 4.04. The van der Waals surface area contributed by atoms with E-state index in [9.17, 15) is 4.79 Å². The predicted octanol–water partition coefficient (Wildman–Crippen LogP) is 3.53. The number of aryl methyl sites for hydroxylation is 1. The summed E-state index contributed by atoms with van der Waals surface area (Å²) in [6, 6.07) is 13.3. The maximum Gasteiger partial charge on any atom is 0.275 e. The van der Waals surface area contributed by atoms with Crippen molar-refractivity contribution in [1.82, 2.24) is 30.1 Å². The number of hydrogen-bond acceptors (Lipinski definition) is 6. The number of rotatable bonds is 4. The molecule has 1 aliphatic heterocycles. The molecule has 1 fully saturated rings. The molecule has 1 saturated heterocycles. The van der Waals surface area contributed by atoms with Crippen molar-refractivity contribution in [1.29, 1.82) is 0 Å². The van der Waals surface area contributed by atoms with Gasteiger partial charge in [-0.15, -0.1) is 0 Å². The number of aromatic amines is 1. The molecule has 31 heavy (non-hydrogen) atoms. The van der Waals surface area contributed by atoms with Gasteiger partial charge in [0.2, 0.25) is 11.7 Å². The molecule has 4 aromatic rings. The van der Waals surface area contributed by atoms with Gasteiger partial charge in [-0.1, -0.05) is 28.4 Å². The molecule has 8 nitrogen and oxygen atoms in total. The number of halogens is 1. The number of piperazine rings is 1. The van der Waals surface area contributed by atoms with Crippen LogP contribution in [-0.2, 0) is 6.54 Å². The SMILES string of the molecule is Cc1ccc2[nH]nc(C(=O)N3CCN(Cc4nc(-c5ccc(Cl)cc5)no4)CC3)c2c1. The zero-order chi connectivity index (χ0) is 21.4. The van der Waals surface area contributed by atoms with Crippen LogP contribution < -0.4 is 0 Å². The summed E-state index contributed by atoms with van der Waals surface area (Å²) in [7, 11) is 0. The smallest absolute Gasteiger partial charge is 0.275 e. The molecule has 0 aliphatic carbocycles. The molecule has 2 aromatic heterocycles. The molecule has 5 rings (SSSR count). The Balaban J connectivity index is 1.21. The van der Waals surface area contributed by atoms with Crippen LogP contribution in [0.5, 0.6) is 0 Å². The first kappa shape index (κ1) is 19.7. The highest BCUT2D eigenvalue weighted by atomic mass is 35.5. The van der Waals surface area contributed by atoms with Gasteiger partial charge in [-0.25, -0.2) is 0 Å². The fourth-order valence-corrected chi connectivity index (χ4v) is 3.90. The van der Waals surface area contributed by atoms with Gasteiger partial charge in [0.25, 0.3) is 5.91 Å². The predicted molar refractivity (Wildman–Crippen MR) is 117 cm³/mol. The number of nitrogens with one attached hydrogen (secondary N) is 1. The quantitative estimate of drug-likeness (QED) is 0.526. The van der Waals surface area contributed by atoms with Gasteiger partial charge in [0.1, 0.15) is 0 Å². The zero-order valence-corrected chi connectivity index (χ0v) is 17.8. The van der Waals surface area contributed by atoms with Crippen LogP contribution in [0.1, 0.15) is 21.9 Å². The maximum atomic E-state index is 13.0. The van der Waals surface area contributed by atoms with Crippen LogP contribution in [0, 0.1) is 6.92 Å². The third-order valence-electron chi connectivity index (χ3n) is 5.51. The maximum absolute atomic E-state index is 13.0. The second kappa shape index (κ2) is 8.13. The summed E-state index contributed by atoms with van der Waals surface area (Å²) in [6.07, 6.45) is 0. The number of aromatic nitrogens is 4. The van der Waals surface area contributed by atoms with E-state index in [2.05, 4.69) is 25.2 Å². The lowest BCUT2D eigenvalue weighted by molar-refractivity contribution is 0.0611. The number of H-pyrrole nitrogens is 1. The lowest BCUT2D eigenvalue weighted by atomic mass is 10.1. The van der Waals surface area contributed by atoms with Crippen LogP contribution in [0.2, 0.25) is 5.02 Å². The second-order valence-electron chi connectivity index (χ2n) is 7.71. The standard InChI is InChI=1S/C22H21ClN6O2/c1-14-2-7-18-17(12-14)20(26-25-18)22(30)29-10-8-28(9-11-29)13-19-24-21(27-31-19)15-3-5-16(23)6-4-15/h2-7,12H,8-11,13H2,1H3,(H,25,26). The van der Waals surface area contributed by atoms with Crippen LogP contribution in [0.3, 0.4) is 0 Å². The first-order valence-corrected chi connectivity index (χ1v) is 10.5. The Morgan fingerprint density at radius 2 is 1.90 bits per heavy atom. The van der Waals surface area contributed by atoms with Crippen LogP contribution in [0.4, 0.5) is 0 Å². The molecule has 158 valence electrons. The largest absolute Gasteiger partial charge is 0.338 e. The number of carbonyl (C=O) groups is 1. The van der Waals surface area contributed by atoms with Crippen molar-refractivity contribution in [2.24, 2.45) is 0 Å². The number of fused-ring (bicyclic) bond motifs is 1. The van der Waals surface area contributed by atoms with Crippen LogP contribution in [0.15, 0.2) is 47.0 Å². The van der Waals surface area contributed by atoms with Crippen molar-refractivity contribution in [3.05, 3.63) is 64.6 Å². The van der Waals surface area contributed by atoms with E-state index in [1.807, 2.05) is 42.2 Å². The summed E-state index contributed by atoms with van der Waals surface area (Å²) in [4.78, 5) is 21.5. The fourth-order valence-electron chi connectivity index (χ4n) is 3.78. The zero-order valence-electron chi connectivity index (χ0n) is 17.0. The summed E-state index contributed by atoms with van der Waals surface area (Å²) >= 11 is 5.93. The topological polar surface area (TPSA) is 91.2 Å². The summed E-state index contributed by atoms with van der Waals surface area (Å²) in [5, 5.41) is 12.8. The Morgan fingerprint density at radius 1 is 1.13 bits per heavy atom. The minimum atomic E-state index is -0.0423. The Morgan fingerprint density at radius 3 is 2.68 bits per heavy atom. The molecule has 0 radical (unpaired) electrons. The average molecular weight is 437 g/mol. The Hall–Kier alpha value is -3.23. The van der Waals surface area contributed by atoms with Crippen molar-refractivity contribution < 1.29 is 9.32 Å². The van der Waals surface area contributed by atoms with Gasteiger partial charge in [-0.05, 0) is 43.3 Å². The van der Waals surface area contributed by atoms with Crippen molar-refractivity contribution in [3.8, 4) is 11.4 Å². The molecule has 0 atom stereocenters. The van der Waals surface area contributed by atoms with Crippen LogP contribution >= 0.6 is 11.6 Å². The Labute approximate surface area is 183 Å². The molecule has 0 unspecified atom stereocenters. The number of nitrogens with zero attached hydrogens (tertiary/aromatic N) is 5. The Kier molecular flexibility index (Phi) is 5.17. The van der Waals surface area contributed by atoms with E-state index in [4.69, 9.17) is 16.1 Å². The summed E-state index contributed by atoms with van der Waals surface area (Å²) in [6.45, 7) is 5.26. The molecular formula is C22H21ClN6O2. The molecule has 3 heterocycles. The minimum Gasteiger partial charge on any atom is -0.338 e. The van der Waals surface area contributed by atoms with Crippen molar-refractivity contribution in [2.75, 3.05) is 26.2 Å². The second-order valence-corrected chi connectivity index (χ2v) is 8.14. The van der Waals surface area contributed by atoms with Crippen molar-refractivity contribution in [3.63, 3.8) is 0 Å². The number of hydrogen-bond donors (Lipinski definition) is 1. The van der Waals surface area contributed by atoms with Gasteiger partial charge in [-0.2, -0.15) is 10.1 Å². The minimum absolute atomic E-state index is 0.0423. The van der Waals surface area contributed by atoms with Gasteiger partial charge in [0.05, 0.1) is 12.1 Å². The fraction of sp³-hybridized carbons (Fsp3) is 0.273. The number of benzene rings is 2. The number of carbonyl (C=O) groups excluding carboxylic acids is 1. The first-order valence-electron chi connectivity index (χ1n) is 10.1. The van der Waals surface area contributed by atoms with E-state index in [0.29, 0.717) is 42.1 Å². The van der Waals surface area contributed by atoms with Gasteiger partial charge in [0, 0.05) is 42.2 Å². The molecule has 0 saturated carbocycles. The van der Waals surface area contributed by atoms with E-state index in [1.165, 1.54) is 0 Å². The first-order chi connectivity index (χ1) is 15.1. The average Bonchev–Trinajstić information content (AvgIpc) is 3.41. The molecular weight excluding hydrogens is 416 g/mol. The highest BCUT2D eigenvalue weighted by Gasteiger charge is 2.26. The molecule has 0 spiro atoms. The van der Waals surface area contributed by atoms with E-state index in [1.54, 1.807) is 12.1 Å². The molecule has 9 heteroatoms. The normalized spacial score (nSPS) is 15.0. The monoisotopic (exact) mass is 436 g/mol. The van der Waals surface area contributed by atoms with E-state index >= 15 is 0 Å². The van der Waals surface area contributed by atoms with Gasteiger partial charge < -0.3 is 9.42 Å². The van der Waals surface area contributed by atoms with E-state index in [-0.39, 0.29) is 5.91 Å².